The van der Waals surface area contributed by atoms with Crippen LogP contribution in [0.3, 0.4) is 0 Å². The van der Waals surface area contributed by atoms with Crippen molar-refractivity contribution in [2.75, 3.05) is 18.0 Å². The molecule has 3 aromatic rings. The molecule has 1 fully saturated rings. The summed E-state index contributed by atoms with van der Waals surface area (Å²) in [5, 5.41) is 4.91. The van der Waals surface area contributed by atoms with Crippen LogP contribution in [-0.2, 0) is 12.7 Å². The first-order valence-corrected chi connectivity index (χ1v) is 8.54. The Bertz CT molecular complexity index is 891. The number of hydrogen-bond acceptors (Lipinski definition) is 4. The van der Waals surface area contributed by atoms with E-state index in [1.165, 1.54) is 12.4 Å². The molecule has 136 valence electrons. The Hall–Kier alpha value is -2.64. The zero-order valence-electron chi connectivity index (χ0n) is 14.0. The van der Waals surface area contributed by atoms with Crippen LogP contribution >= 0.6 is 0 Å². The number of piperidine rings is 1. The summed E-state index contributed by atoms with van der Waals surface area (Å²) in [5.74, 6) is 0.420. The molecule has 0 amide bonds. The van der Waals surface area contributed by atoms with Gasteiger partial charge in [0, 0.05) is 36.9 Å². The predicted molar refractivity (Wildman–Crippen MR) is 91.7 cm³/mol. The van der Waals surface area contributed by atoms with E-state index in [1.807, 2.05) is 10.7 Å². The molecule has 26 heavy (non-hydrogen) atoms. The summed E-state index contributed by atoms with van der Waals surface area (Å²) < 4.78 is 40.7. The van der Waals surface area contributed by atoms with E-state index in [0.29, 0.717) is 11.4 Å². The van der Waals surface area contributed by atoms with Gasteiger partial charge in [0.2, 0.25) is 0 Å². The quantitative estimate of drug-likeness (QED) is 0.713. The number of alkyl halides is 3. The minimum atomic E-state index is -4.36. The normalized spacial score (nSPS) is 18.4. The summed E-state index contributed by atoms with van der Waals surface area (Å²) in [4.78, 5) is 10.4. The van der Waals surface area contributed by atoms with E-state index in [1.54, 1.807) is 12.5 Å². The van der Waals surface area contributed by atoms with Gasteiger partial charge in [-0.15, -0.1) is 0 Å². The molecule has 1 aliphatic rings. The van der Waals surface area contributed by atoms with Crippen LogP contribution in [0.4, 0.5) is 18.9 Å². The van der Waals surface area contributed by atoms with Crippen molar-refractivity contribution in [2.24, 2.45) is 5.92 Å². The number of aromatic nitrogens is 4. The van der Waals surface area contributed by atoms with Crippen LogP contribution in [0.2, 0.25) is 0 Å². The molecule has 3 heterocycles. The maximum absolute atomic E-state index is 13.0. The van der Waals surface area contributed by atoms with Gasteiger partial charge in [0.25, 0.3) is 0 Å². The van der Waals surface area contributed by atoms with Crippen molar-refractivity contribution in [2.45, 2.75) is 25.6 Å². The van der Waals surface area contributed by atoms with E-state index < -0.39 is 11.7 Å². The number of fused-ring (bicyclic) bond motifs is 1. The van der Waals surface area contributed by atoms with Crippen molar-refractivity contribution in [1.82, 2.24) is 19.7 Å². The van der Waals surface area contributed by atoms with E-state index >= 15 is 0 Å². The monoisotopic (exact) mass is 361 g/mol. The fourth-order valence-corrected chi connectivity index (χ4v) is 3.61. The highest BCUT2D eigenvalue weighted by Crippen LogP contribution is 2.34. The summed E-state index contributed by atoms with van der Waals surface area (Å²) in [6.07, 6.45) is 2.58. The smallest absolute Gasteiger partial charge is 0.371 e. The van der Waals surface area contributed by atoms with Gasteiger partial charge in [-0.25, -0.2) is 4.98 Å². The van der Waals surface area contributed by atoms with Gasteiger partial charge in [-0.05, 0) is 37.0 Å². The first kappa shape index (κ1) is 16.8. The van der Waals surface area contributed by atoms with E-state index in [2.05, 4.69) is 20.0 Å². The molecule has 1 aliphatic heterocycles. The van der Waals surface area contributed by atoms with Gasteiger partial charge in [0.15, 0.2) is 0 Å². The Morgan fingerprint density at radius 1 is 1.19 bits per heavy atom. The lowest BCUT2D eigenvalue weighted by Crippen LogP contribution is -2.37. The van der Waals surface area contributed by atoms with E-state index in [-0.39, 0.29) is 0 Å². The topological polar surface area (TPSA) is 46.8 Å². The molecular weight excluding hydrogens is 343 g/mol. The molecule has 0 N–H and O–H groups in total. The second-order valence-corrected chi connectivity index (χ2v) is 6.63. The van der Waals surface area contributed by atoms with Crippen LogP contribution in [-0.4, -0.2) is 32.8 Å². The largest absolute Gasteiger partial charge is 0.416 e. The third kappa shape index (κ3) is 3.36. The number of hydrogen-bond donors (Lipinski definition) is 0. The first-order chi connectivity index (χ1) is 12.5. The molecule has 1 atom stereocenters. The summed E-state index contributed by atoms with van der Waals surface area (Å²) in [6, 6.07) is 5.66. The van der Waals surface area contributed by atoms with Crippen molar-refractivity contribution in [3.05, 3.63) is 48.7 Å². The molecule has 2 aromatic heterocycles. The Balaban J connectivity index is 1.61. The Morgan fingerprint density at radius 2 is 2.08 bits per heavy atom. The number of pyridine rings is 1. The number of anilines is 1. The average Bonchev–Trinajstić information content (AvgIpc) is 3.13. The first-order valence-electron chi connectivity index (χ1n) is 8.54. The molecule has 4 rings (SSSR count). The van der Waals surface area contributed by atoms with Crippen molar-refractivity contribution >= 4 is 16.6 Å². The lowest BCUT2D eigenvalue weighted by molar-refractivity contribution is -0.137. The summed E-state index contributed by atoms with van der Waals surface area (Å²) >= 11 is 0. The van der Waals surface area contributed by atoms with Gasteiger partial charge >= 0.3 is 6.18 Å². The van der Waals surface area contributed by atoms with E-state index in [9.17, 15) is 13.2 Å². The number of halogens is 3. The fraction of sp³-hybridized carbons (Fsp3) is 0.389. The Morgan fingerprint density at radius 3 is 2.85 bits per heavy atom. The van der Waals surface area contributed by atoms with Crippen molar-refractivity contribution in [1.29, 1.82) is 0 Å². The molecule has 1 saturated heterocycles. The van der Waals surface area contributed by atoms with Crippen LogP contribution in [0.25, 0.3) is 10.9 Å². The highest BCUT2D eigenvalue weighted by Gasteiger charge is 2.31. The standard InChI is InChI=1S/C18H18F3N5/c19-18(20,21)14-3-4-15-16(8-14)23-6-5-17(15)25-7-1-2-13(9-25)10-26-12-22-11-24-26/h3-6,8,11-13H,1-2,7,9-10H2. The van der Waals surface area contributed by atoms with Crippen molar-refractivity contribution < 1.29 is 13.2 Å². The molecule has 8 heteroatoms. The predicted octanol–water partition coefficient (Wildman–Crippen LogP) is 3.76. The SMILES string of the molecule is FC(F)(F)c1ccc2c(N3CCCC(Cn4cncn4)C3)ccnc2c1. The molecule has 0 aliphatic carbocycles. The Labute approximate surface area is 148 Å². The third-order valence-corrected chi connectivity index (χ3v) is 4.82. The second kappa shape index (κ2) is 6.59. The number of rotatable bonds is 3. The highest BCUT2D eigenvalue weighted by molar-refractivity contribution is 5.92. The van der Waals surface area contributed by atoms with Crippen LogP contribution in [0.15, 0.2) is 43.1 Å². The summed E-state index contributed by atoms with van der Waals surface area (Å²) in [5.41, 5.74) is 0.639. The van der Waals surface area contributed by atoms with Crippen LogP contribution < -0.4 is 4.90 Å². The lowest BCUT2D eigenvalue weighted by atomic mass is 9.97. The van der Waals surface area contributed by atoms with E-state index in [4.69, 9.17) is 0 Å². The van der Waals surface area contributed by atoms with Crippen LogP contribution in [0.1, 0.15) is 18.4 Å². The van der Waals surface area contributed by atoms with Crippen molar-refractivity contribution in [3.63, 3.8) is 0 Å². The minimum Gasteiger partial charge on any atom is -0.371 e. The van der Waals surface area contributed by atoms with Gasteiger partial charge in [0.1, 0.15) is 12.7 Å². The van der Waals surface area contributed by atoms with Gasteiger partial charge in [-0.3, -0.25) is 9.67 Å². The molecule has 0 spiro atoms. The van der Waals surface area contributed by atoms with Crippen molar-refractivity contribution in [3.8, 4) is 0 Å². The van der Waals surface area contributed by atoms with Gasteiger partial charge in [-0.2, -0.15) is 18.3 Å². The highest BCUT2D eigenvalue weighted by atomic mass is 19.4. The molecule has 1 unspecified atom stereocenters. The van der Waals surface area contributed by atoms with Gasteiger partial charge in [0.05, 0.1) is 11.1 Å². The maximum Gasteiger partial charge on any atom is 0.416 e. The molecule has 0 bridgehead atoms. The minimum absolute atomic E-state index is 0.371. The average molecular weight is 361 g/mol. The van der Waals surface area contributed by atoms with Crippen LogP contribution in [0, 0.1) is 5.92 Å². The molecule has 0 saturated carbocycles. The fourth-order valence-electron chi connectivity index (χ4n) is 3.61. The van der Waals surface area contributed by atoms with Gasteiger partial charge < -0.3 is 4.90 Å². The molecule has 1 aromatic carbocycles. The molecular formula is C18H18F3N5. The van der Waals surface area contributed by atoms with Crippen LogP contribution in [0.5, 0.6) is 0 Å². The maximum atomic E-state index is 13.0. The summed E-state index contributed by atoms with van der Waals surface area (Å²) in [6.45, 7) is 2.51. The lowest BCUT2D eigenvalue weighted by Gasteiger charge is -2.35. The second-order valence-electron chi connectivity index (χ2n) is 6.63. The number of nitrogens with zero attached hydrogens (tertiary/aromatic N) is 5. The van der Waals surface area contributed by atoms with E-state index in [0.717, 1.165) is 55.7 Å². The Kier molecular flexibility index (Phi) is 4.26. The third-order valence-electron chi connectivity index (χ3n) is 4.82. The van der Waals surface area contributed by atoms with Gasteiger partial charge in [-0.1, -0.05) is 6.07 Å². The zero-order valence-corrected chi connectivity index (χ0v) is 14.0. The molecule has 5 nitrogen and oxygen atoms in total. The number of benzene rings is 1. The summed E-state index contributed by atoms with van der Waals surface area (Å²) in [7, 11) is 0. The zero-order chi connectivity index (χ0) is 18.1. The molecule has 0 radical (unpaired) electrons.